The third-order valence-corrected chi connectivity index (χ3v) is 4.72. The molecule has 3 aromatic heterocycles. The van der Waals surface area contributed by atoms with Crippen LogP contribution < -0.4 is 5.56 Å². The molecular weight excluding hydrogens is 284 g/mol. The second-order valence-corrected chi connectivity index (χ2v) is 6.37. The predicted molar refractivity (Wildman–Crippen MR) is 85.0 cm³/mol. The molecule has 0 aliphatic carbocycles. The molecule has 0 bridgehead atoms. The summed E-state index contributed by atoms with van der Waals surface area (Å²) in [5, 5.41) is 7.18. The lowest BCUT2D eigenvalue weighted by atomic mass is 10.2. The van der Waals surface area contributed by atoms with Crippen LogP contribution in [0.2, 0.25) is 0 Å². The molecule has 3 rings (SSSR count). The summed E-state index contributed by atoms with van der Waals surface area (Å²) in [5.41, 5.74) is 3.13. The van der Waals surface area contributed by atoms with E-state index in [1.54, 1.807) is 10.9 Å². The van der Waals surface area contributed by atoms with Gasteiger partial charge in [-0.15, -0.1) is 11.3 Å². The fraction of sp³-hybridized carbons (Fsp3) is 0.400. The maximum Gasteiger partial charge on any atom is 0.262 e. The summed E-state index contributed by atoms with van der Waals surface area (Å²) in [6.07, 6.45) is 1.65. The average Bonchev–Trinajstić information content (AvgIpc) is 2.94. The zero-order chi connectivity index (χ0) is 15.1. The lowest BCUT2D eigenvalue weighted by Gasteiger charge is -2.16. The Hall–Kier alpha value is -1.95. The SMILES string of the molecule is Cc1cc(C)n(CC(C)n2cnc3scc(C)c3c2=O)n1. The minimum Gasteiger partial charge on any atom is -0.294 e. The molecule has 0 radical (unpaired) electrons. The lowest BCUT2D eigenvalue weighted by Crippen LogP contribution is -2.26. The van der Waals surface area contributed by atoms with Crippen LogP contribution in [0, 0.1) is 20.8 Å². The summed E-state index contributed by atoms with van der Waals surface area (Å²) in [5.74, 6) is 0. The van der Waals surface area contributed by atoms with Gasteiger partial charge in [0.05, 0.1) is 30.0 Å². The molecule has 0 amide bonds. The highest BCUT2D eigenvalue weighted by Crippen LogP contribution is 2.20. The first-order chi connectivity index (χ1) is 9.97. The molecule has 5 nitrogen and oxygen atoms in total. The third-order valence-electron chi connectivity index (χ3n) is 3.72. The van der Waals surface area contributed by atoms with Crippen LogP contribution in [0.3, 0.4) is 0 Å². The molecule has 0 aliphatic heterocycles. The Morgan fingerprint density at radius 3 is 2.76 bits per heavy atom. The Kier molecular flexibility index (Phi) is 3.41. The number of aryl methyl sites for hydroxylation is 3. The summed E-state index contributed by atoms with van der Waals surface area (Å²) in [6.45, 7) is 8.64. The summed E-state index contributed by atoms with van der Waals surface area (Å²) in [4.78, 5) is 17.8. The molecule has 0 spiro atoms. The van der Waals surface area contributed by atoms with Crippen molar-refractivity contribution < 1.29 is 0 Å². The number of hydrogen-bond donors (Lipinski definition) is 0. The van der Waals surface area contributed by atoms with E-state index in [1.165, 1.54) is 11.3 Å². The zero-order valence-corrected chi connectivity index (χ0v) is 13.4. The number of fused-ring (bicyclic) bond motifs is 1. The van der Waals surface area contributed by atoms with E-state index >= 15 is 0 Å². The van der Waals surface area contributed by atoms with Crippen LogP contribution in [0.1, 0.15) is 29.9 Å². The van der Waals surface area contributed by atoms with E-state index in [9.17, 15) is 4.79 Å². The first kappa shape index (κ1) is 14.0. The molecule has 1 atom stereocenters. The van der Waals surface area contributed by atoms with Crippen LogP contribution in [-0.4, -0.2) is 19.3 Å². The van der Waals surface area contributed by atoms with Gasteiger partial charge in [-0.1, -0.05) is 0 Å². The first-order valence-electron chi connectivity index (χ1n) is 6.93. The highest BCUT2D eigenvalue weighted by molar-refractivity contribution is 7.16. The average molecular weight is 302 g/mol. The summed E-state index contributed by atoms with van der Waals surface area (Å²) >= 11 is 1.52. The van der Waals surface area contributed by atoms with Gasteiger partial charge in [0.1, 0.15) is 4.83 Å². The molecule has 0 aliphatic rings. The Morgan fingerprint density at radius 2 is 2.10 bits per heavy atom. The van der Waals surface area contributed by atoms with Crippen molar-refractivity contribution in [2.24, 2.45) is 0 Å². The smallest absolute Gasteiger partial charge is 0.262 e. The third kappa shape index (κ3) is 2.40. The predicted octanol–water partition coefficient (Wildman–Crippen LogP) is 2.84. The molecular formula is C15H18N4OS. The van der Waals surface area contributed by atoms with E-state index < -0.39 is 0 Å². The lowest BCUT2D eigenvalue weighted by molar-refractivity contribution is 0.419. The van der Waals surface area contributed by atoms with Crippen molar-refractivity contribution in [3.8, 4) is 0 Å². The van der Waals surface area contributed by atoms with Crippen molar-refractivity contribution in [3.63, 3.8) is 0 Å². The molecule has 21 heavy (non-hydrogen) atoms. The van der Waals surface area contributed by atoms with E-state index in [0.717, 1.165) is 27.2 Å². The summed E-state index contributed by atoms with van der Waals surface area (Å²) in [7, 11) is 0. The maximum absolute atomic E-state index is 12.6. The van der Waals surface area contributed by atoms with Gasteiger partial charge in [0.2, 0.25) is 0 Å². The number of thiophene rings is 1. The first-order valence-corrected chi connectivity index (χ1v) is 7.81. The Bertz CT molecular complexity index is 858. The quantitative estimate of drug-likeness (QED) is 0.747. The van der Waals surface area contributed by atoms with Crippen molar-refractivity contribution in [2.75, 3.05) is 0 Å². The Labute approximate surface area is 126 Å². The van der Waals surface area contributed by atoms with Crippen LogP contribution in [0.4, 0.5) is 0 Å². The van der Waals surface area contributed by atoms with Crippen LogP contribution in [0.25, 0.3) is 10.2 Å². The maximum atomic E-state index is 12.6. The molecule has 0 aromatic carbocycles. The summed E-state index contributed by atoms with van der Waals surface area (Å²) < 4.78 is 3.65. The zero-order valence-electron chi connectivity index (χ0n) is 12.6. The van der Waals surface area contributed by atoms with Crippen molar-refractivity contribution in [2.45, 2.75) is 40.3 Å². The molecule has 0 N–H and O–H groups in total. The van der Waals surface area contributed by atoms with Crippen LogP contribution >= 0.6 is 11.3 Å². The standard InChI is InChI=1S/C15H18N4OS/c1-9-7-21-14-13(9)15(20)18(8-16-14)12(4)6-19-11(3)5-10(2)17-19/h5,7-8,12H,6H2,1-4H3. The van der Waals surface area contributed by atoms with Gasteiger partial charge in [-0.3, -0.25) is 14.0 Å². The summed E-state index contributed by atoms with van der Waals surface area (Å²) in [6, 6.07) is 2.05. The monoisotopic (exact) mass is 302 g/mol. The normalized spacial score (nSPS) is 13.0. The van der Waals surface area contributed by atoms with Crippen molar-refractivity contribution in [1.29, 1.82) is 0 Å². The van der Waals surface area contributed by atoms with Crippen molar-refractivity contribution in [1.82, 2.24) is 19.3 Å². The van der Waals surface area contributed by atoms with Crippen LogP contribution in [0.15, 0.2) is 22.6 Å². The second kappa shape index (κ2) is 5.11. The van der Waals surface area contributed by atoms with Gasteiger partial charge in [-0.05, 0) is 44.7 Å². The molecule has 110 valence electrons. The molecule has 6 heteroatoms. The minimum atomic E-state index is 0.00620. The highest BCUT2D eigenvalue weighted by atomic mass is 32.1. The number of nitrogens with zero attached hydrogens (tertiary/aromatic N) is 4. The number of rotatable bonds is 3. The van der Waals surface area contributed by atoms with E-state index in [2.05, 4.69) is 10.1 Å². The Morgan fingerprint density at radius 1 is 1.33 bits per heavy atom. The van der Waals surface area contributed by atoms with Gasteiger partial charge in [0.15, 0.2) is 0 Å². The largest absolute Gasteiger partial charge is 0.294 e. The minimum absolute atomic E-state index is 0.00620. The number of aromatic nitrogens is 4. The van der Waals surface area contributed by atoms with E-state index in [4.69, 9.17) is 0 Å². The van der Waals surface area contributed by atoms with Crippen LogP contribution in [-0.2, 0) is 6.54 Å². The molecule has 0 saturated heterocycles. The van der Waals surface area contributed by atoms with E-state index in [0.29, 0.717) is 6.54 Å². The van der Waals surface area contributed by atoms with E-state index in [-0.39, 0.29) is 11.6 Å². The molecule has 0 saturated carbocycles. The fourth-order valence-electron chi connectivity index (χ4n) is 2.59. The van der Waals surface area contributed by atoms with Crippen molar-refractivity contribution >= 4 is 21.6 Å². The molecule has 3 heterocycles. The van der Waals surface area contributed by atoms with Crippen molar-refractivity contribution in [3.05, 3.63) is 45.1 Å². The second-order valence-electron chi connectivity index (χ2n) is 5.51. The molecule has 3 aromatic rings. The molecule has 0 fully saturated rings. The van der Waals surface area contributed by atoms with Gasteiger partial charge in [-0.2, -0.15) is 5.10 Å². The molecule has 1 unspecified atom stereocenters. The van der Waals surface area contributed by atoms with Gasteiger partial charge in [-0.25, -0.2) is 4.98 Å². The van der Waals surface area contributed by atoms with Gasteiger partial charge in [0.25, 0.3) is 5.56 Å². The highest BCUT2D eigenvalue weighted by Gasteiger charge is 2.14. The Balaban J connectivity index is 2.00. The van der Waals surface area contributed by atoms with Gasteiger partial charge in [0, 0.05) is 5.69 Å². The topological polar surface area (TPSA) is 52.7 Å². The van der Waals surface area contributed by atoms with Crippen LogP contribution in [0.5, 0.6) is 0 Å². The van der Waals surface area contributed by atoms with Gasteiger partial charge < -0.3 is 0 Å². The number of hydrogen-bond acceptors (Lipinski definition) is 4. The van der Waals surface area contributed by atoms with Gasteiger partial charge >= 0.3 is 0 Å². The van der Waals surface area contributed by atoms with E-state index in [1.807, 2.05) is 43.8 Å². The fourth-order valence-corrected chi connectivity index (χ4v) is 3.47.